The second-order valence-electron chi connectivity index (χ2n) is 6.39. The van der Waals surface area contributed by atoms with Gasteiger partial charge in [-0.05, 0) is 45.7 Å². The van der Waals surface area contributed by atoms with Crippen LogP contribution in [0.25, 0.3) is 0 Å². The molecule has 1 aliphatic rings. The Hall–Kier alpha value is -2.28. The van der Waals surface area contributed by atoms with Gasteiger partial charge in [-0.2, -0.15) is 0 Å². The van der Waals surface area contributed by atoms with Gasteiger partial charge in [-0.1, -0.05) is 5.16 Å². The maximum Gasteiger partial charge on any atom is 0.317 e. The Labute approximate surface area is 147 Å². The lowest BCUT2D eigenvalue weighted by Crippen LogP contribution is -2.47. The van der Waals surface area contributed by atoms with Gasteiger partial charge in [0.05, 0.1) is 18.8 Å². The molecule has 7 nitrogen and oxygen atoms in total. The van der Waals surface area contributed by atoms with E-state index in [1.165, 1.54) is 0 Å². The number of ether oxygens (including phenoxy) is 1. The van der Waals surface area contributed by atoms with Crippen LogP contribution < -0.4 is 5.32 Å². The van der Waals surface area contributed by atoms with Crippen molar-refractivity contribution in [2.75, 3.05) is 26.2 Å². The average Bonchev–Trinajstić information content (AvgIpc) is 3.18. The second kappa shape index (κ2) is 7.74. The average molecular weight is 347 g/mol. The molecule has 1 fully saturated rings. The van der Waals surface area contributed by atoms with Gasteiger partial charge in [-0.3, -0.25) is 0 Å². The Morgan fingerprint density at radius 2 is 2.20 bits per heavy atom. The van der Waals surface area contributed by atoms with Crippen LogP contribution in [-0.4, -0.2) is 42.3 Å². The van der Waals surface area contributed by atoms with E-state index in [1.807, 2.05) is 32.9 Å². The van der Waals surface area contributed by atoms with Crippen molar-refractivity contribution in [3.63, 3.8) is 0 Å². The number of morpholine rings is 1. The molecule has 7 heteroatoms. The lowest BCUT2D eigenvalue weighted by atomic mass is 10.1. The van der Waals surface area contributed by atoms with Crippen molar-refractivity contribution < 1.29 is 18.5 Å². The van der Waals surface area contributed by atoms with Gasteiger partial charge in [-0.25, -0.2) is 4.79 Å². The summed E-state index contributed by atoms with van der Waals surface area (Å²) in [6, 6.07) is 3.76. The molecule has 1 unspecified atom stereocenters. The third kappa shape index (κ3) is 4.22. The van der Waals surface area contributed by atoms with Gasteiger partial charge in [0.2, 0.25) is 0 Å². The van der Waals surface area contributed by atoms with Crippen LogP contribution in [-0.2, 0) is 11.2 Å². The Morgan fingerprint density at radius 3 is 2.88 bits per heavy atom. The largest absolute Gasteiger partial charge is 0.464 e. The van der Waals surface area contributed by atoms with E-state index in [4.69, 9.17) is 13.7 Å². The van der Waals surface area contributed by atoms with Crippen LogP contribution in [0.1, 0.15) is 41.1 Å². The molecule has 0 saturated carbocycles. The van der Waals surface area contributed by atoms with Gasteiger partial charge in [-0.15, -0.1) is 0 Å². The molecule has 0 aliphatic carbocycles. The predicted octanol–water partition coefficient (Wildman–Crippen LogP) is 2.91. The van der Waals surface area contributed by atoms with Gasteiger partial charge in [0.1, 0.15) is 23.4 Å². The monoisotopic (exact) mass is 347 g/mol. The number of amides is 2. The third-order valence-corrected chi connectivity index (χ3v) is 4.49. The number of hydrogen-bond donors (Lipinski definition) is 1. The normalized spacial score (nSPS) is 17.7. The molecule has 1 atom stereocenters. The highest BCUT2D eigenvalue weighted by atomic mass is 16.5. The number of aromatic nitrogens is 1. The summed E-state index contributed by atoms with van der Waals surface area (Å²) in [5.41, 5.74) is 2.06. The highest BCUT2D eigenvalue weighted by Gasteiger charge is 2.27. The molecular formula is C18H25N3O4. The fraction of sp³-hybridized carbons (Fsp3) is 0.556. The molecule has 25 heavy (non-hydrogen) atoms. The number of furan rings is 1. The molecule has 0 radical (unpaired) electrons. The van der Waals surface area contributed by atoms with Crippen LogP contribution in [0.4, 0.5) is 4.79 Å². The summed E-state index contributed by atoms with van der Waals surface area (Å²) < 4.78 is 16.5. The van der Waals surface area contributed by atoms with Crippen LogP contribution >= 0.6 is 0 Å². The van der Waals surface area contributed by atoms with Gasteiger partial charge < -0.3 is 23.9 Å². The lowest BCUT2D eigenvalue weighted by Gasteiger charge is -2.32. The lowest BCUT2D eigenvalue weighted by molar-refractivity contribution is -0.0263. The first-order valence-electron chi connectivity index (χ1n) is 8.67. The number of nitrogens with one attached hydrogen (secondary N) is 1. The van der Waals surface area contributed by atoms with Crippen molar-refractivity contribution in [2.24, 2.45) is 0 Å². The van der Waals surface area contributed by atoms with Crippen LogP contribution in [0, 0.1) is 20.8 Å². The molecule has 136 valence electrons. The maximum atomic E-state index is 12.4. The Morgan fingerprint density at radius 1 is 1.36 bits per heavy atom. The summed E-state index contributed by atoms with van der Waals surface area (Å²) in [6.45, 7) is 7.97. The van der Waals surface area contributed by atoms with E-state index in [0.717, 1.165) is 41.4 Å². The van der Waals surface area contributed by atoms with E-state index in [1.54, 1.807) is 4.90 Å². The standard InChI is InChI=1S/C18H25N3O4/c1-12-6-7-16(24-12)17-11-21(9-10-23-17)18(22)19-8-4-5-15-13(2)20-25-14(15)3/h6-7,17H,4-5,8-11H2,1-3H3,(H,19,22). The highest BCUT2D eigenvalue weighted by molar-refractivity contribution is 5.74. The summed E-state index contributed by atoms with van der Waals surface area (Å²) in [5.74, 6) is 2.47. The SMILES string of the molecule is Cc1ccc(C2CN(C(=O)NCCCc3c(C)noc3C)CCO2)o1. The van der Waals surface area contributed by atoms with Gasteiger partial charge in [0, 0.05) is 18.7 Å². The summed E-state index contributed by atoms with van der Waals surface area (Å²) in [5, 5.41) is 6.93. The Bertz CT molecular complexity index is 702. The molecule has 1 N–H and O–H groups in total. The number of hydrogen-bond acceptors (Lipinski definition) is 5. The molecule has 0 spiro atoms. The van der Waals surface area contributed by atoms with Crippen molar-refractivity contribution in [3.05, 3.63) is 40.7 Å². The first kappa shape index (κ1) is 17.5. The molecule has 0 bridgehead atoms. The van der Waals surface area contributed by atoms with Gasteiger partial charge >= 0.3 is 6.03 Å². The van der Waals surface area contributed by atoms with E-state index >= 15 is 0 Å². The predicted molar refractivity (Wildman–Crippen MR) is 91.4 cm³/mol. The number of nitrogens with zero attached hydrogens (tertiary/aromatic N) is 2. The van der Waals surface area contributed by atoms with E-state index in [9.17, 15) is 4.79 Å². The number of urea groups is 1. The molecule has 2 amide bonds. The molecule has 3 rings (SSSR count). The molecule has 1 aliphatic heterocycles. The first-order valence-corrected chi connectivity index (χ1v) is 8.67. The number of rotatable bonds is 5. The third-order valence-electron chi connectivity index (χ3n) is 4.49. The zero-order chi connectivity index (χ0) is 17.8. The minimum absolute atomic E-state index is 0.0599. The fourth-order valence-electron chi connectivity index (χ4n) is 3.06. The molecule has 3 heterocycles. The zero-order valence-electron chi connectivity index (χ0n) is 15.0. The van der Waals surface area contributed by atoms with Crippen LogP contribution in [0.3, 0.4) is 0 Å². The summed E-state index contributed by atoms with van der Waals surface area (Å²) in [7, 11) is 0. The van der Waals surface area contributed by atoms with Crippen molar-refractivity contribution in [3.8, 4) is 0 Å². The first-order chi connectivity index (χ1) is 12.0. The molecule has 2 aromatic rings. The van der Waals surface area contributed by atoms with E-state index in [-0.39, 0.29) is 12.1 Å². The highest BCUT2D eigenvalue weighted by Crippen LogP contribution is 2.24. The quantitative estimate of drug-likeness (QED) is 0.841. The zero-order valence-corrected chi connectivity index (χ0v) is 15.0. The maximum absolute atomic E-state index is 12.4. The Kier molecular flexibility index (Phi) is 5.43. The van der Waals surface area contributed by atoms with Crippen molar-refractivity contribution >= 4 is 6.03 Å². The van der Waals surface area contributed by atoms with E-state index in [2.05, 4.69) is 10.5 Å². The Balaban J connectivity index is 1.45. The second-order valence-corrected chi connectivity index (χ2v) is 6.39. The van der Waals surface area contributed by atoms with Gasteiger partial charge in [0.25, 0.3) is 0 Å². The fourth-order valence-corrected chi connectivity index (χ4v) is 3.06. The van der Waals surface area contributed by atoms with Crippen LogP contribution in [0.5, 0.6) is 0 Å². The number of aryl methyl sites for hydroxylation is 3. The molecule has 2 aromatic heterocycles. The summed E-state index contributed by atoms with van der Waals surface area (Å²) >= 11 is 0. The van der Waals surface area contributed by atoms with Gasteiger partial charge in [0.15, 0.2) is 0 Å². The van der Waals surface area contributed by atoms with Crippen molar-refractivity contribution in [1.82, 2.24) is 15.4 Å². The van der Waals surface area contributed by atoms with Crippen LogP contribution in [0.2, 0.25) is 0 Å². The molecular weight excluding hydrogens is 322 g/mol. The number of carbonyl (C=O) groups is 1. The van der Waals surface area contributed by atoms with Crippen molar-refractivity contribution in [1.29, 1.82) is 0 Å². The molecule has 0 aromatic carbocycles. The smallest absolute Gasteiger partial charge is 0.317 e. The number of carbonyl (C=O) groups excluding carboxylic acids is 1. The minimum Gasteiger partial charge on any atom is -0.464 e. The summed E-state index contributed by atoms with van der Waals surface area (Å²) in [4.78, 5) is 14.2. The summed E-state index contributed by atoms with van der Waals surface area (Å²) in [6.07, 6.45) is 1.49. The van der Waals surface area contributed by atoms with Crippen LogP contribution in [0.15, 0.2) is 21.1 Å². The topological polar surface area (TPSA) is 80.7 Å². The minimum atomic E-state index is -0.199. The molecule has 1 saturated heterocycles. The van der Waals surface area contributed by atoms with Crippen molar-refractivity contribution in [2.45, 2.75) is 39.7 Å². The van der Waals surface area contributed by atoms with E-state index in [0.29, 0.717) is 26.2 Å². The van der Waals surface area contributed by atoms with E-state index < -0.39 is 0 Å².